The average molecular weight is 642 g/mol. The maximum absolute atomic E-state index is 14.2. The number of halogens is 6. The summed E-state index contributed by atoms with van der Waals surface area (Å²) >= 11 is 6.45. The van der Waals surface area contributed by atoms with Crippen LogP contribution in [-0.4, -0.2) is 90.2 Å². The number of carbonyl (C=O) groups excluding carboxylic acids is 1. The largest absolute Gasteiger partial charge is 0.462 e. The van der Waals surface area contributed by atoms with Gasteiger partial charge in [0, 0.05) is 61.6 Å². The third kappa shape index (κ3) is 7.29. The number of carbonyl (C=O) groups is 1. The smallest absolute Gasteiger partial charge is 0.401 e. The van der Waals surface area contributed by atoms with Crippen molar-refractivity contribution in [2.75, 3.05) is 57.3 Å². The van der Waals surface area contributed by atoms with Gasteiger partial charge >= 0.3 is 12.1 Å². The van der Waals surface area contributed by atoms with Crippen LogP contribution in [0.3, 0.4) is 0 Å². The molecular formula is C31H37ClF5N5O2. The Bertz CT molecular complexity index is 1390. The van der Waals surface area contributed by atoms with E-state index in [1.807, 2.05) is 18.2 Å². The summed E-state index contributed by atoms with van der Waals surface area (Å²) in [4.78, 5) is 18.1. The van der Waals surface area contributed by atoms with Crippen LogP contribution in [0.5, 0.6) is 0 Å². The summed E-state index contributed by atoms with van der Waals surface area (Å²) in [5.41, 5.74) is 2.17. The predicted molar refractivity (Wildman–Crippen MR) is 159 cm³/mol. The number of hydrogen-bond acceptors (Lipinski definition) is 6. The number of aromatic nitrogens is 2. The molecule has 0 radical (unpaired) electrons. The SMILES string of the molecule is CCOC(=O)c1cnn(C2CCCN(c3cc(Cl)ccc3C3=CC(C)C(N4CCN(CC(F)(F)F)CC4)C=C3)C2)c1C(F)F. The Balaban J connectivity index is 1.33. The zero-order chi connectivity index (χ0) is 31.6. The van der Waals surface area contributed by atoms with E-state index in [1.165, 1.54) is 9.58 Å². The molecule has 44 heavy (non-hydrogen) atoms. The van der Waals surface area contributed by atoms with Gasteiger partial charge in [-0.15, -0.1) is 0 Å². The molecule has 3 aliphatic rings. The third-order valence-electron chi connectivity index (χ3n) is 8.58. The van der Waals surface area contributed by atoms with Crippen LogP contribution >= 0.6 is 11.6 Å². The molecule has 1 aliphatic carbocycles. The molecule has 240 valence electrons. The van der Waals surface area contributed by atoms with E-state index in [-0.39, 0.29) is 24.1 Å². The number of esters is 1. The standard InChI is InChI=1S/C31H37ClF5N5O2/c1-3-44-30(43)25-17-38-42(28(25)29(33)34)23-5-4-10-41(18-23)27-16-22(32)7-8-24(27)21-6-9-26(20(2)15-21)40-13-11-39(12-14-40)19-31(35,36)37/h6-9,15-17,20,23,26,29H,3-5,10-14,18-19H2,1-2H3. The number of benzene rings is 1. The van der Waals surface area contributed by atoms with Crippen molar-refractivity contribution in [3.63, 3.8) is 0 Å². The number of piperidine rings is 1. The minimum Gasteiger partial charge on any atom is -0.462 e. The molecule has 0 amide bonds. The first-order valence-electron chi connectivity index (χ1n) is 15.0. The molecule has 0 bridgehead atoms. The molecule has 3 atom stereocenters. The Kier molecular flexibility index (Phi) is 10.0. The highest BCUT2D eigenvalue weighted by Crippen LogP contribution is 2.38. The van der Waals surface area contributed by atoms with Crippen molar-refractivity contribution in [2.45, 2.75) is 51.4 Å². The summed E-state index contributed by atoms with van der Waals surface area (Å²) in [6.07, 6.45) is 1.76. The van der Waals surface area contributed by atoms with Crippen LogP contribution in [0.2, 0.25) is 5.02 Å². The van der Waals surface area contributed by atoms with Crippen LogP contribution in [0, 0.1) is 5.92 Å². The van der Waals surface area contributed by atoms with Gasteiger partial charge in [-0.3, -0.25) is 14.5 Å². The molecule has 2 aliphatic heterocycles. The lowest BCUT2D eigenvalue weighted by molar-refractivity contribution is -0.149. The minimum absolute atomic E-state index is 0.0723. The quantitative estimate of drug-likeness (QED) is 0.238. The lowest BCUT2D eigenvalue weighted by Crippen LogP contribution is -2.53. The van der Waals surface area contributed by atoms with Gasteiger partial charge in [0.2, 0.25) is 0 Å². The first kappa shape index (κ1) is 32.4. The van der Waals surface area contributed by atoms with Crippen LogP contribution in [0.1, 0.15) is 60.8 Å². The van der Waals surface area contributed by atoms with E-state index >= 15 is 0 Å². The van der Waals surface area contributed by atoms with Crippen molar-refractivity contribution in [2.24, 2.45) is 5.92 Å². The monoisotopic (exact) mass is 641 g/mol. The number of allylic oxidation sites excluding steroid dienone is 2. The molecule has 0 saturated carbocycles. The van der Waals surface area contributed by atoms with Gasteiger partial charge in [-0.25, -0.2) is 13.6 Å². The molecule has 3 unspecified atom stereocenters. The summed E-state index contributed by atoms with van der Waals surface area (Å²) in [6, 6.07) is 5.34. The highest BCUT2D eigenvalue weighted by atomic mass is 35.5. The Hall–Kier alpha value is -2.96. The molecule has 2 fully saturated rings. The second-order valence-corrected chi connectivity index (χ2v) is 12.0. The van der Waals surface area contributed by atoms with Crippen molar-refractivity contribution >= 4 is 28.8 Å². The van der Waals surface area contributed by atoms with Gasteiger partial charge in [0.25, 0.3) is 6.43 Å². The highest BCUT2D eigenvalue weighted by Gasteiger charge is 2.35. The van der Waals surface area contributed by atoms with Crippen LogP contribution in [0.4, 0.5) is 27.6 Å². The van der Waals surface area contributed by atoms with E-state index in [2.05, 4.69) is 40.1 Å². The summed E-state index contributed by atoms with van der Waals surface area (Å²) in [5, 5.41) is 4.75. The summed E-state index contributed by atoms with van der Waals surface area (Å²) in [5.74, 6) is -0.703. The lowest BCUT2D eigenvalue weighted by atomic mass is 9.87. The van der Waals surface area contributed by atoms with Crippen molar-refractivity contribution in [3.8, 4) is 0 Å². The van der Waals surface area contributed by atoms with Crippen LogP contribution < -0.4 is 4.90 Å². The zero-order valence-corrected chi connectivity index (χ0v) is 25.5. The fourth-order valence-electron chi connectivity index (χ4n) is 6.55. The summed E-state index contributed by atoms with van der Waals surface area (Å²) in [7, 11) is 0. The summed E-state index contributed by atoms with van der Waals surface area (Å²) < 4.78 is 73.1. The molecule has 0 N–H and O–H groups in total. The van der Waals surface area contributed by atoms with Gasteiger partial charge in [0.15, 0.2) is 0 Å². The van der Waals surface area contributed by atoms with Gasteiger partial charge in [0.1, 0.15) is 11.3 Å². The highest BCUT2D eigenvalue weighted by molar-refractivity contribution is 6.31. The molecular weight excluding hydrogens is 605 g/mol. The molecule has 7 nitrogen and oxygen atoms in total. The van der Waals surface area contributed by atoms with E-state index in [1.54, 1.807) is 6.92 Å². The number of anilines is 1. The van der Waals surface area contributed by atoms with Gasteiger partial charge in [-0.05, 0) is 43.4 Å². The Morgan fingerprint density at radius 3 is 2.57 bits per heavy atom. The molecule has 3 heterocycles. The van der Waals surface area contributed by atoms with E-state index in [4.69, 9.17) is 16.3 Å². The van der Waals surface area contributed by atoms with Gasteiger partial charge in [-0.1, -0.05) is 42.8 Å². The minimum atomic E-state index is -4.20. The van der Waals surface area contributed by atoms with Gasteiger partial charge in [0.05, 0.1) is 25.4 Å². The first-order valence-corrected chi connectivity index (χ1v) is 15.3. The second-order valence-electron chi connectivity index (χ2n) is 11.6. The first-order chi connectivity index (χ1) is 20.9. The van der Waals surface area contributed by atoms with Gasteiger partial charge < -0.3 is 9.64 Å². The van der Waals surface area contributed by atoms with E-state index in [0.717, 1.165) is 29.4 Å². The summed E-state index contributed by atoms with van der Waals surface area (Å²) in [6.45, 7) is 5.87. The fraction of sp³-hybridized carbons (Fsp3) is 0.548. The van der Waals surface area contributed by atoms with Crippen molar-refractivity contribution in [3.05, 3.63) is 64.5 Å². The molecule has 5 rings (SSSR count). The van der Waals surface area contributed by atoms with Crippen LogP contribution in [-0.2, 0) is 4.74 Å². The molecule has 13 heteroatoms. The Labute approximate surface area is 258 Å². The molecule has 1 aromatic heterocycles. The second kappa shape index (κ2) is 13.6. The molecule has 2 aromatic rings. The normalized spacial score (nSPS) is 23.7. The molecule has 2 saturated heterocycles. The van der Waals surface area contributed by atoms with E-state index < -0.39 is 36.9 Å². The van der Waals surface area contributed by atoms with Crippen molar-refractivity contribution in [1.29, 1.82) is 0 Å². The van der Waals surface area contributed by atoms with Crippen molar-refractivity contribution in [1.82, 2.24) is 19.6 Å². The third-order valence-corrected chi connectivity index (χ3v) is 8.81. The van der Waals surface area contributed by atoms with E-state index in [0.29, 0.717) is 50.7 Å². The lowest BCUT2D eigenvalue weighted by Gasteiger charge is -2.41. The van der Waals surface area contributed by atoms with Gasteiger partial charge in [-0.2, -0.15) is 18.3 Å². The fourth-order valence-corrected chi connectivity index (χ4v) is 6.72. The number of alkyl halides is 5. The molecule has 0 spiro atoms. The maximum atomic E-state index is 14.2. The Morgan fingerprint density at radius 2 is 1.91 bits per heavy atom. The number of piperazine rings is 1. The number of ether oxygens (including phenoxy) is 1. The number of rotatable bonds is 8. The van der Waals surface area contributed by atoms with Crippen LogP contribution in [0.25, 0.3) is 5.57 Å². The number of hydrogen-bond donors (Lipinski definition) is 0. The van der Waals surface area contributed by atoms with Crippen LogP contribution in [0.15, 0.2) is 42.6 Å². The Morgan fingerprint density at radius 1 is 1.16 bits per heavy atom. The number of nitrogens with zero attached hydrogens (tertiary/aromatic N) is 5. The zero-order valence-electron chi connectivity index (χ0n) is 24.7. The molecule has 1 aromatic carbocycles. The maximum Gasteiger partial charge on any atom is 0.401 e. The van der Waals surface area contributed by atoms with E-state index in [9.17, 15) is 26.7 Å². The average Bonchev–Trinajstić information content (AvgIpc) is 3.43. The van der Waals surface area contributed by atoms with Crippen molar-refractivity contribution < 1.29 is 31.5 Å². The topological polar surface area (TPSA) is 53.8 Å². The predicted octanol–water partition coefficient (Wildman–Crippen LogP) is 6.63.